The van der Waals surface area contributed by atoms with Crippen LogP contribution in [-0.2, 0) is 10.4 Å². The first kappa shape index (κ1) is 36.1. The summed E-state index contributed by atoms with van der Waals surface area (Å²) in [6, 6.07) is 9.78. The van der Waals surface area contributed by atoms with Crippen LogP contribution in [0.4, 0.5) is 19.0 Å². The normalized spacial score (nSPS) is 23.3. The number of fused-ring (bicyclic) bond motifs is 3. The van der Waals surface area contributed by atoms with E-state index in [-0.39, 0.29) is 59.8 Å². The van der Waals surface area contributed by atoms with Gasteiger partial charge in [0.05, 0.1) is 23.5 Å². The number of anilines is 1. The minimum absolute atomic E-state index is 0.00435. The molecule has 12 nitrogen and oxygen atoms in total. The molecule has 4 atom stereocenters. The third-order valence-corrected chi connectivity index (χ3v) is 11.0. The van der Waals surface area contributed by atoms with E-state index in [2.05, 4.69) is 30.0 Å². The maximum atomic E-state index is 16.9. The lowest BCUT2D eigenvalue weighted by Crippen LogP contribution is -2.43. The van der Waals surface area contributed by atoms with E-state index in [1.54, 1.807) is 30.1 Å². The van der Waals surface area contributed by atoms with Crippen molar-refractivity contribution in [3.8, 4) is 17.3 Å². The Hall–Kier alpha value is -4.86. The lowest BCUT2D eigenvalue weighted by atomic mass is 9.95. The average molecular weight is 763 g/mol. The van der Waals surface area contributed by atoms with Gasteiger partial charge in [-0.3, -0.25) is 14.7 Å². The number of hydrogen-bond acceptors (Lipinski definition) is 11. The molecule has 8 rings (SSSR count). The van der Waals surface area contributed by atoms with Crippen molar-refractivity contribution < 1.29 is 32.3 Å². The molecule has 282 valence electrons. The number of carbonyl (C=O) groups excluding carboxylic acids is 1. The van der Waals surface area contributed by atoms with E-state index in [4.69, 9.17) is 20.9 Å². The number of alkyl halides is 2. The second-order valence-corrected chi connectivity index (χ2v) is 15.2. The molecule has 0 spiro atoms. The van der Waals surface area contributed by atoms with Crippen LogP contribution in [0, 0.1) is 5.82 Å². The van der Waals surface area contributed by atoms with Gasteiger partial charge in [-0.1, -0.05) is 47.1 Å². The van der Waals surface area contributed by atoms with E-state index in [1.807, 2.05) is 18.2 Å². The molecule has 3 aliphatic heterocycles. The van der Waals surface area contributed by atoms with Crippen LogP contribution in [0.25, 0.3) is 39.0 Å². The summed E-state index contributed by atoms with van der Waals surface area (Å²) in [5.41, 5.74) is -1.47. The minimum atomic E-state index is -1.51. The molecule has 2 aromatic carbocycles. The molecule has 3 fully saturated rings. The highest BCUT2D eigenvalue weighted by Gasteiger charge is 2.49. The number of carbonyl (C=O) groups is 1. The number of benzene rings is 2. The number of amides is 1. The fraction of sp³-hybridized carbons (Fsp3) is 0.421. The van der Waals surface area contributed by atoms with Crippen LogP contribution >= 0.6 is 11.6 Å². The van der Waals surface area contributed by atoms with Gasteiger partial charge in [-0.2, -0.15) is 15.0 Å². The average Bonchev–Trinajstić information content (AvgIpc) is 3.93. The fourth-order valence-corrected chi connectivity index (χ4v) is 8.22. The van der Waals surface area contributed by atoms with Crippen molar-refractivity contribution in [2.75, 3.05) is 44.7 Å². The zero-order valence-electron chi connectivity index (χ0n) is 29.8. The summed E-state index contributed by atoms with van der Waals surface area (Å²) in [7, 11) is 1.61. The van der Waals surface area contributed by atoms with Crippen molar-refractivity contribution in [3.05, 3.63) is 71.2 Å². The highest BCUT2D eigenvalue weighted by atomic mass is 35.5. The Labute approximate surface area is 313 Å². The van der Waals surface area contributed by atoms with E-state index in [9.17, 15) is 14.3 Å². The fourth-order valence-electron chi connectivity index (χ4n) is 7.93. The van der Waals surface area contributed by atoms with Gasteiger partial charge in [0, 0.05) is 60.9 Å². The SMILES string of the molecule is CN(c1nc(OC[C@@]23CCCN2C[C@H](F)C3)nc2c(F)c(-c3cccc4cccc(Cl)c34)ncc12)[C@@H]1CN(C(=O)C=Cc2nc(C(C)(C)O)no2)C[C@H]1F. The predicted molar refractivity (Wildman–Crippen MR) is 196 cm³/mol. The van der Waals surface area contributed by atoms with Gasteiger partial charge in [-0.05, 0) is 44.7 Å². The van der Waals surface area contributed by atoms with Crippen molar-refractivity contribution in [1.82, 2.24) is 34.9 Å². The molecular weight excluding hydrogens is 725 g/mol. The molecule has 0 bridgehead atoms. The van der Waals surface area contributed by atoms with Gasteiger partial charge in [0.25, 0.3) is 5.89 Å². The number of likely N-dealkylation sites (N-methyl/N-ethyl adjacent to an activating group) is 1. The molecule has 1 N–H and O–H groups in total. The highest BCUT2D eigenvalue weighted by molar-refractivity contribution is 6.36. The second-order valence-electron chi connectivity index (χ2n) is 14.8. The van der Waals surface area contributed by atoms with Gasteiger partial charge in [-0.25, -0.2) is 13.2 Å². The van der Waals surface area contributed by atoms with Crippen LogP contribution in [-0.4, -0.2) is 110 Å². The zero-order chi connectivity index (χ0) is 37.9. The van der Waals surface area contributed by atoms with Gasteiger partial charge in [0.2, 0.25) is 11.7 Å². The largest absolute Gasteiger partial charge is 0.461 e. The molecule has 0 saturated carbocycles. The van der Waals surface area contributed by atoms with Crippen LogP contribution in [0.15, 0.2) is 53.2 Å². The summed E-state index contributed by atoms with van der Waals surface area (Å²) in [6.07, 6.45) is 3.42. The van der Waals surface area contributed by atoms with Gasteiger partial charge in [-0.15, -0.1) is 0 Å². The van der Waals surface area contributed by atoms with Gasteiger partial charge >= 0.3 is 6.01 Å². The van der Waals surface area contributed by atoms with E-state index in [0.717, 1.165) is 24.8 Å². The zero-order valence-corrected chi connectivity index (χ0v) is 30.6. The molecule has 3 aromatic heterocycles. The molecule has 0 aliphatic carbocycles. The molecule has 54 heavy (non-hydrogen) atoms. The van der Waals surface area contributed by atoms with Gasteiger partial charge in [0.1, 0.15) is 41.6 Å². The Morgan fingerprint density at radius 2 is 1.96 bits per heavy atom. The summed E-state index contributed by atoms with van der Waals surface area (Å²) in [6.45, 7) is 3.94. The van der Waals surface area contributed by atoms with Crippen molar-refractivity contribution in [2.45, 2.75) is 62.6 Å². The number of hydrogen-bond donors (Lipinski definition) is 1. The number of halogens is 4. The van der Waals surface area contributed by atoms with Crippen molar-refractivity contribution >= 4 is 51.1 Å². The maximum Gasteiger partial charge on any atom is 0.319 e. The second kappa shape index (κ2) is 13.8. The van der Waals surface area contributed by atoms with Crippen molar-refractivity contribution in [1.29, 1.82) is 0 Å². The quantitative estimate of drug-likeness (QED) is 0.180. The molecule has 0 radical (unpaired) electrons. The number of rotatable bonds is 9. The molecular formula is C38H38ClF3N8O4. The summed E-state index contributed by atoms with van der Waals surface area (Å²) in [4.78, 5) is 35.9. The smallest absolute Gasteiger partial charge is 0.319 e. The Morgan fingerprint density at radius 1 is 1.17 bits per heavy atom. The number of ether oxygens (including phenoxy) is 1. The minimum Gasteiger partial charge on any atom is -0.461 e. The number of nitrogens with zero attached hydrogens (tertiary/aromatic N) is 8. The summed E-state index contributed by atoms with van der Waals surface area (Å²) in [5, 5.41) is 15.9. The van der Waals surface area contributed by atoms with Crippen LogP contribution in [0.1, 0.15) is 44.8 Å². The molecule has 3 aliphatic rings. The van der Waals surface area contributed by atoms with Gasteiger partial charge < -0.3 is 24.2 Å². The number of pyridine rings is 1. The monoisotopic (exact) mass is 762 g/mol. The predicted octanol–water partition coefficient (Wildman–Crippen LogP) is 5.90. The summed E-state index contributed by atoms with van der Waals surface area (Å²) < 4.78 is 58.6. The lowest BCUT2D eigenvalue weighted by Gasteiger charge is -2.31. The van der Waals surface area contributed by atoms with E-state index >= 15 is 8.78 Å². The van der Waals surface area contributed by atoms with Crippen molar-refractivity contribution in [2.24, 2.45) is 0 Å². The molecule has 16 heteroatoms. The number of aromatic nitrogens is 5. The van der Waals surface area contributed by atoms with Crippen LogP contribution < -0.4 is 9.64 Å². The van der Waals surface area contributed by atoms with Gasteiger partial charge in [0.15, 0.2) is 5.82 Å². The number of likely N-dealkylation sites (tertiary alicyclic amines) is 1. The summed E-state index contributed by atoms with van der Waals surface area (Å²) >= 11 is 6.60. The standard InChI is InChI=1S/C38H38ClF3N8O4/c1-37(2,52)35-44-28(54-47-35)11-12-29(51)49-18-26(41)27(19-49)48(3)34-24-16-43-32(23-9-4-7-21-8-5-10-25(39)30(21)23)31(42)33(24)45-36(46-34)53-20-38-13-6-14-50(38)17-22(40)15-38/h4-5,7-12,16,22,26-27,52H,6,13-15,17-20H2,1-3H3/t22-,26-,27-,38+/m1/s1. The molecule has 5 aromatic rings. The van der Waals surface area contributed by atoms with Crippen LogP contribution in [0.5, 0.6) is 6.01 Å². The maximum absolute atomic E-state index is 16.9. The first-order valence-electron chi connectivity index (χ1n) is 17.8. The van der Waals surface area contributed by atoms with Crippen molar-refractivity contribution in [3.63, 3.8) is 0 Å². The number of aliphatic hydroxyl groups is 1. The molecule has 1 amide bonds. The third kappa shape index (κ3) is 6.51. The van der Waals surface area contributed by atoms with Crippen LogP contribution in [0.2, 0.25) is 5.02 Å². The first-order chi connectivity index (χ1) is 25.8. The van der Waals surface area contributed by atoms with E-state index < -0.39 is 41.2 Å². The Kier molecular flexibility index (Phi) is 9.21. The Morgan fingerprint density at radius 3 is 2.74 bits per heavy atom. The molecule has 6 heterocycles. The van der Waals surface area contributed by atoms with Crippen LogP contribution in [0.3, 0.4) is 0 Å². The topological polar surface area (TPSA) is 134 Å². The van der Waals surface area contributed by atoms with E-state index in [1.165, 1.54) is 37.1 Å². The summed E-state index contributed by atoms with van der Waals surface area (Å²) in [5.74, 6) is -1.03. The highest BCUT2D eigenvalue weighted by Crippen LogP contribution is 2.41. The molecule has 0 unspecified atom stereocenters. The lowest BCUT2D eigenvalue weighted by molar-refractivity contribution is -0.125. The van der Waals surface area contributed by atoms with E-state index in [0.29, 0.717) is 28.9 Å². The Bertz CT molecular complexity index is 2280. The first-order valence-corrected chi connectivity index (χ1v) is 18.2. The third-order valence-electron chi connectivity index (χ3n) is 10.7. The molecule has 3 saturated heterocycles. The Balaban J connectivity index is 1.13.